The molecule has 1 aliphatic carbocycles. The van der Waals surface area contributed by atoms with Crippen LogP contribution in [0.5, 0.6) is 0 Å². The average Bonchev–Trinajstić information content (AvgIpc) is 2.85. The first-order valence-electron chi connectivity index (χ1n) is 12.4. The largest absolute Gasteiger partial charge is 0.399 e. The molecule has 1 aliphatic rings. The van der Waals surface area contributed by atoms with Gasteiger partial charge in [0.2, 0.25) is 0 Å². The van der Waals surface area contributed by atoms with Crippen molar-refractivity contribution in [2.45, 2.75) is 45.6 Å². The van der Waals surface area contributed by atoms with Crippen LogP contribution in [0, 0.1) is 0 Å². The van der Waals surface area contributed by atoms with Crippen LogP contribution in [0.25, 0.3) is 0 Å². The van der Waals surface area contributed by atoms with E-state index in [1.54, 1.807) is 6.08 Å². The van der Waals surface area contributed by atoms with Gasteiger partial charge < -0.3 is 16.8 Å². The Hall–Kier alpha value is -3.82. The van der Waals surface area contributed by atoms with Gasteiger partial charge in [-0.25, -0.2) is 0 Å². The van der Waals surface area contributed by atoms with Gasteiger partial charge in [0.15, 0.2) is 0 Å². The summed E-state index contributed by atoms with van der Waals surface area (Å²) in [6.45, 7) is 15.6. The van der Waals surface area contributed by atoms with E-state index in [-0.39, 0.29) is 6.04 Å². The number of nitrogens with two attached hydrogens (primary N) is 2. The number of rotatable bonds is 15. The Morgan fingerprint density at radius 1 is 1.08 bits per heavy atom. The van der Waals surface area contributed by atoms with Crippen LogP contribution in [0.4, 0.5) is 0 Å². The molecule has 0 spiro atoms. The van der Waals surface area contributed by atoms with Gasteiger partial charge in [0, 0.05) is 17.4 Å². The lowest BCUT2D eigenvalue weighted by Gasteiger charge is -2.13. The summed E-state index contributed by atoms with van der Waals surface area (Å²) >= 11 is 0. The monoisotopic (exact) mass is 481 g/mol. The van der Waals surface area contributed by atoms with Crippen LogP contribution in [0.3, 0.4) is 0 Å². The molecule has 36 heavy (non-hydrogen) atoms. The number of allylic oxidation sites excluding steroid dienone is 19. The highest BCUT2D eigenvalue weighted by atomic mass is 14.8. The molecule has 0 bridgehead atoms. The first-order chi connectivity index (χ1) is 17.4. The molecular formula is C33H43N3. The summed E-state index contributed by atoms with van der Waals surface area (Å²) in [5.74, 6) is 0. The van der Waals surface area contributed by atoms with Crippen molar-refractivity contribution in [1.29, 1.82) is 0 Å². The normalized spacial score (nSPS) is 16.5. The Morgan fingerprint density at radius 3 is 2.53 bits per heavy atom. The smallest absolute Gasteiger partial charge is 0.0409 e. The third kappa shape index (κ3) is 13.8. The molecule has 1 unspecified atom stereocenters. The maximum Gasteiger partial charge on any atom is 0.0409 e. The number of nitrogens with one attached hydrogen (secondary N) is 1. The first kappa shape index (κ1) is 30.2. The Balaban J connectivity index is 3.07. The van der Waals surface area contributed by atoms with Crippen molar-refractivity contribution in [2.24, 2.45) is 11.5 Å². The lowest BCUT2D eigenvalue weighted by atomic mass is 9.93. The van der Waals surface area contributed by atoms with Crippen LogP contribution >= 0.6 is 0 Å². The van der Waals surface area contributed by atoms with Crippen LogP contribution in [0.15, 0.2) is 157 Å². The molecule has 3 heteroatoms. The highest BCUT2D eigenvalue weighted by molar-refractivity contribution is 5.44. The molecule has 0 aromatic heterocycles. The fourth-order valence-electron chi connectivity index (χ4n) is 3.29. The van der Waals surface area contributed by atoms with Crippen LogP contribution in [-0.4, -0.2) is 6.04 Å². The molecule has 0 aliphatic heterocycles. The first-order valence-corrected chi connectivity index (χ1v) is 12.4. The van der Waals surface area contributed by atoms with Gasteiger partial charge in [0.1, 0.15) is 0 Å². The Kier molecular flexibility index (Phi) is 15.5. The molecule has 0 aromatic carbocycles. The van der Waals surface area contributed by atoms with Crippen molar-refractivity contribution in [3.8, 4) is 0 Å². The molecule has 190 valence electrons. The average molecular weight is 482 g/mol. The second-order valence-electron chi connectivity index (χ2n) is 8.47. The Morgan fingerprint density at radius 2 is 1.83 bits per heavy atom. The van der Waals surface area contributed by atoms with E-state index in [0.29, 0.717) is 5.70 Å². The minimum Gasteiger partial charge on any atom is -0.399 e. The third-order valence-corrected chi connectivity index (χ3v) is 5.17. The molecule has 0 amide bonds. The lowest BCUT2D eigenvalue weighted by molar-refractivity contribution is 0.912. The van der Waals surface area contributed by atoms with Crippen molar-refractivity contribution >= 4 is 0 Å². The second-order valence-corrected chi connectivity index (χ2v) is 8.47. The number of hydrogen-bond acceptors (Lipinski definition) is 3. The molecule has 0 radical (unpaired) electrons. The van der Waals surface area contributed by atoms with E-state index in [0.717, 1.165) is 42.5 Å². The molecule has 1 atom stereocenters. The summed E-state index contributed by atoms with van der Waals surface area (Å²) in [4.78, 5) is 0. The number of hydrogen-bond donors (Lipinski definition) is 3. The van der Waals surface area contributed by atoms with Crippen molar-refractivity contribution in [2.75, 3.05) is 0 Å². The standard InChI is InChI=1S/C33H43N3/c1-6-26-36-33(7-2)32(21-13-8-10-16-27(3)22-23-29(5)35)25-24-31-20-15-14-19-30(31)18-12-9-11-17-28(4)34/h6-13,15-17,20,22-26,29,36H,2-4,14,18-19,21,34-35H2,1,5H3/b12-9-,13-8-,16-10-,17-11-,23-22-,25-24-,26-6+,33-32+. The van der Waals surface area contributed by atoms with Crippen molar-refractivity contribution < 1.29 is 0 Å². The zero-order valence-electron chi connectivity index (χ0n) is 22.0. The van der Waals surface area contributed by atoms with Gasteiger partial charge in [-0.05, 0) is 74.6 Å². The van der Waals surface area contributed by atoms with E-state index in [4.69, 9.17) is 11.5 Å². The summed E-state index contributed by atoms with van der Waals surface area (Å²) in [5.41, 5.74) is 17.6. The topological polar surface area (TPSA) is 64.1 Å². The van der Waals surface area contributed by atoms with Gasteiger partial charge in [-0.15, -0.1) is 0 Å². The summed E-state index contributed by atoms with van der Waals surface area (Å²) < 4.78 is 0. The van der Waals surface area contributed by atoms with Crippen LogP contribution in [0.2, 0.25) is 0 Å². The van der Waals surface area contributed by atoms with Gasteiger partial charge >= 0.3 is 0 Å². The zero-order chi connectivity index (χ0) is 26.6. The van der Waals surface area contributed by atoms with Gasteiger partial charge in [0.25, 0.3) is 0 Å². The van der Waals surface area contributed by atoms with Gasteiger partial charge in [-0.2, -0.15) is 0 Å². The summed E-state index contributed by atoms with van der Waals surface area (Å²) in [6.07, 6.45) is 38.3. The minimum absolute atomic E-state index is 0.0197. The zero-order valence-corrected chi connectivity index (χ0v) is 22.0. The van der Waals surface area contributed by atoms with E-state index < -0.39 is 0 Å². The van der Waals surface area contributed by atoms with Crippen LogP contribution < -0.4 is 16.8 Å². The predicted octanol–water partition coefficient (Wildman–Crippen LogP) is 7.69. The summed E-state index contributed by atoms with van der Waals surface area (Å²) in [5, 5.41) is 3.33. The highest BCUT2D eigenvalue weighted by Crippen LogP contribution is 2.24. The fourth-order valence-corrected chi connectivity index (χ4v) is 3.29. The molecule has 0 saturated carbocycles. The van der Waals surface area contributed by atoms with Crippen molar-refractivity contribution in [3.63, 3.8) is 0 Å². The Bertz CT molecular complexity index is 1040. The van der Waals surface area contributed by atoms with Crippen molar-refractivity contribution in [1.82, 2.24) is 5.32 Å². The van der Waals surface area contributed by atoms with Crippen LogP contribution in [0.1, 0.15) is 39.5 Å². The third-order valence-electron chi connectivity index (χ3n) is 5.17. The van der Waals surface area contributed by atoms with Gasteiger partial charge in [0.05, 0.1) is 0 Å². The summed E-state index contributed by atoms with van der Waals surface area (Å²) in [6, 6.07) is 0.0197. The molecule has 5 N–H and O–H groups in total. The maximum atomic E-state index is 5.75. The van der Waals surface area contributed by atoms with Crippen molar-refractivity contribution in [3.05, 3.63) is 157 Å². The molecular weight excluding hydrogens is 438 g/mol. The van der Waals surface area contributed by atoms with E-state index in [9.17, 15) is 0 Å². The van der Waals surface area contributed by atoms with Gasteiger partial charge in [-0.1, -0.05) is 110 Å². The molecule has 3 nitrogen and oxygen atoms in total. The molecule has 0 aromatic rings. The SMILES string of the molecule is C=C/C(N/C=C/C)=C(\C=C/C1=C(C/C=C\C=C/C(=C)N)CCC=C1)C/C=C\C=C/C(=C)/C=C\C(C)N. The van der Waals surface area contributed by atoms with E-state index >= 15 is 0 Å². The summed E-state index contributed by atoms with van der Waals surface area (Å²) in [7, 11) is 0. The Labute approximate surface area is 219 Å². The van der Waals surface area contributed by atoms with Gasteiger partial charge in [-0.3, -0.25) is 0 Å². The minimum atomic E-state index is 0.0197. The highest BCUT2D eigenvalue weighted by Gasteiger charge is 2.06. The second kappa shape index (κ2) is 18.5. The quantitative estimate of drug-likeness (QED) is 0.210. The predicted molar refractivity (Wildman–Crippen MR) is 161 cm³/mol. The van der Waals surface area contributed by atoms with E-state index in [1.807, 2.05) is 74.7 Å². The van der Waals surface area contributed by atoms with E-state index in [2.05, 4.69) is 61.5 Å². The fraction of sp³-hybridized carbons (Fsp3) is 0.212. The van der Waals surface area contributed by atoms with Crippen LogP contribution in [-0.2, 0) is 0 Å². The molecule has 0 fully saturated rings. The van der Waals surface area contributed by atoms with E-state index in [1.165, 1.54) is 11.1 Å². The maximum absolute atomic E-state index is 5.75. The lowest BCUT2D eigenvalue weighted by Crippen LogP contribution is -2.10. The molecule has 0 heterocycles. The molecule has 1 rings (SSSR count). The molecule has 0 saturated heterocycles.